The summed E-state index contributed by atoms with van der Waals surface area (Å²) in [5.74, 6) is -0.457. The Morgan fingerprint density at radius 2 is 2.09 bits per heavy atom. The van der Waals surface area contributed by atoms with Crippen molar-refractivity contribution in [2.75, 3.05) is 0 Å². The molecular formula is C15H15N3O4. The third-order valence-electron chi connectivity index (χ3n) is 3.11. The number of hydrogen-bond acceptors (Lipinski definition) is 5. The summed E-state index contributed by atoms with van der Waals surface area (Å²) < 4.78 is 4.87. The Labute approximate surface area is 126 Å². The summed E-state index contributed by atoms with van der Waals surface area (Å²) in [6.45, 7) is 3.99. The van der Waals surface area contributed by atoms with Crippen molar-refractivity contribution < 1.29 is 14.1 Å². The molecule has 0 atom stereocenters. The Balaban J connectivity index is 1.90. The number of amides is 1. The lowest BCUT2D eigenvalue weighted by molar-refractivity contribution is -0.402. The van der Waals surface area contributed by atoms with E-state index in [0.29, 0.717) is 0 Å². The second kappa shape index (κ2) is 6.66. The number of benzene rings is 1. The first-order valence-electron chi connectivity index (χ1n) is 6.58. The van der Waals surface area contributed by atoms with Gasteiger partial charge in [0, 0.05) is 0 Å². The standard InChI is InChI=1S/C15H15N3O4/c1-10-3-4-12(7-11(10)2)8-14(19)17-16-9-13-5-6-15(22-13)18(20)21/h3-7,9H,8H2,1-2H3,(H,17,19)/b16-9-. The van der Waals surface area contributed by atoms with Crippen LogP contribution < -0.4 is 5.43 Å². The molecule has 2 aromatic rings. The highest BCUT2D eigenvalue weighted by molar-refractivity contribution is 5.81. The molecule has 1 amide bonds. The maximum absolute atomic E-state index is 11.7. The Kier molecular flexibility index (Phi) is 4.67. The van der Waals surface area contributed by atoms with Crippen molar-refractivity contribution >= 4 is 18.0 Å². The average Bonchev–Trinajstić information content (AvgIpc) is 2.92. The Morgan fingerprint density at radius 1 is 1.32 bits per heavy atom. The molecule has 1 N–H and O–H groups in total. The summed E-state index contributed by atoms with van der Waals surface area (Å²) in [5, 5.41) is 14.2. The van der Waals surface area contributed by atoms with E-state index in [0.717, 1.165) is 11.1 Å². The molecule has 7 nitrogen and oxygen atoms in total. The van der Waals surface area contributed by atoms with Crippen LogP contribution in [0.2, 0.25) is 0 Å². The molecule has 22 heavy (non-hydrogen) atoms. The molecule has 1 aromatic carbocycles. The number of hydrogen-bond donors (Lipinski definition) is 1. The van der Waals surface area contributed by atoms with Gasteiger partial charge in [0.25, 0.3) is 0 Å². The van der Waals surface area contributed by atoms with E-state index in [1.165, 1.54) is 23.9 Å². The van der Waals surface area contributed by atoms with Gasteiger partial charge in [0.2, 0.25) is 5.91 Å². The zero-order chi connectivity index (χ0) is 16.1. The maximum atomic E-state index is 11.7. The van der Waals surface area contributed by atoms with Crippen LogP contribution in [0, 0.1) is 24.0 Å². The number of carbonyl (C=O) groups is 1. The predicted octanol–water partition coefficient (Wildman–Crippen LogP) is 2.50. The largest absolute Gasteiger partial charge is 0.433 e. The Morgan fingerprint density at radius 3 is 2.73 bits per heavy atom. The van der Waals surface area contributed by atoms with Crippen molar-refractivity contribution in [1.29, 1.82) is 0 Å². The van der Waals surface area contributed by atoms with Gasteiger partial charge in [-0.3, -0.25) is 14.9 Å². The highest BCUT2D eigenvalue weighted by Crippen LogP contribution is 2.13. The second-order valence-electron chi connectivity index (χ2n) is 4.82. The van der Waals surface area contributed by atoms with Gasteiger partial charge in [-0.1, -0.05) is 18.2 Å². The molecule has 1 heterocycles. The molecule has 0 saturated heterocycles. The van der Waals surface area contributed by atoms with Gasteiger partial charge in [0.1, 0.15) is 4.92 Å². The van der Waals surface area contributed by atoms with Crippen LogP contribution >= 0.6 is 0 Å². The fraction of sp³-hybridized carbons (Fsp3) is 0.200. The van der Waals surface area contributed by atoms with E-state index in [9.17, 15) is 14.9 Å². The quantitative estimate of drug-likeness (QED) is 0.521. The number of carbonyl (C=O) groups excluding carboxylic acids is 1. The first kappa shape index (κ1) is 15.4. The number of aryl methyl sites for hydroxylation is 2. The van der Waals surface area contributed by atoms with Gasteiger partial charge >= 0.3 is 5.88 Å². The zero-order valence-corrected chi connectivity index (χ0v) is 12.2. The van der Waals surface area contributed by atoms with Crippen LogP contribution in [0.4, 0.5) is 5.88 Å². The minimum absolute atomic E-state index is 0.193. The summed E-state index contributed by atoms with van der Waals surface area (Å²) in [4.78, 5) is 21.6. The minimum atomic E-state index is -0.643. The molecule has 0 fully saturated rings. The van der Waals surface area contributed by atoms with E-state index in [4.69, 9.17) is 4.42 Å². The van der Waals surface area contributed by atoms with E-state index in [1.54, 1.807) is 0 Å². The number of hydrazone groups is 1. The molecule has 7 heteroatoms. The first-order chi connectivity index (χ1) is 10.5. The summed E-state index contributed by atoms with van der Waals surface area (Å²) in [7, 11) is 0. The second-order valence-corrected chi connectivity index (χ2v) is 4.82. The van der Waals surface area contributed by atoms with Crippen molar-refractivity contribution in [3.63, 3.8) is 0 Å². The summed E-state index contributed by atoms with van der Waals surface area (Å²) in [5.41, 5.74) is 5.54. The number of furan rings is 1. The lowest BCUT2D eigenvalue weighted by Gasteiger charge is -2.04. The summed E-state index contributed by atoms with van der Waals surface area (Å²) >= 11 is 0. The van der Waals surface area contributed by atoms with E-state index in [-0.39, 0.29) is 24.0 Å². The lowest BCUT2D eigenvalue weighted by atomic mass is 10.0. The maximum Gasteiger partial charge on any atom is 0.433 e. The highest BCUT2D eigenvalue weighted by atomic mass is 16.6. The third kappa shape index (κ3) is 4.02. The van der Waals surface area contributed by atoms with E-state index in [1.807, 2.05) is 32.0 Å². The van der Waals surface area contributed by atoms with E-state index >= 15 is 0 Å². The van der Waals surface area contributed by atoms with Crippen molar-refractivity contribution in [2.24, 2.45) is 5.10 Å². The van der Waals surface area contributed by atoms with Gasteiger partial charge in [0.15, 0.2) is 5.76 Å². The smallest absolute Gasteiger partial charge is 0.400 e. The fourth-order valence-corrected chi connectivity index (χ4v) is 1.82. The van der Waals surface area contributed by atoms with Crippen LogP contribution in [-0.4, -0.2) is 17.0 Å². The Bertz CT molecular complexity index is 734. The Hall–Kier alpha value is -2.96. The molecule has 0 aliphatic rings. The molecule has 0 aliphatic heterocycles. The summed E-state index contributed by atoms with van der Waals surface area (Å²) in [6, 6.07) is 8.43. The normalized spacial score (nSPS) is 10.8. The van der Waals surface area contributed by atoms with Crippen LogP contribution in [0.1, 0.15) is 22.5 Å². The molecule has 2 rings (SSSR count). The fourth-order valence-electron chi connectivity index (χ4n) is 1.82. The number of rotatable bonds is 5. The topological polar surface area (TPSA) is 97.7 Å². The molecule has 0 unspecified atom stereocenters. The monoisotopic (exact) mass is 301 g/mol. The molecule has 0 saturated carbocycles. The molecule has 1 aromatic heterocycles. The van der Waals surface area contributed by atoms with Gasteiger partial charge in [-0.25, -0.2) is 5.43 Å². The molecule has 0 radical (unpaired) electrons. The minimum Gasteiger partial charge on any atom is -0.400 e. The summed E-state index contributed by atoms with van der Waals surface area (Å²) in [6.07, 6.45) is 1.42. The van der Waals surface area contributed by atoms with Gasteiger partial charge < -0.3 is 4.42 Å². The number of nitrogens with one attached hydrogen (secondary N) is 1. The average molecular weight is 301 g/mol. The number of nitro groups is 1. The van der Waals surface area contributed by atoms with Gasteiger partial charge in [0.05, 0.1) is 18.7 Å². The lowest BCUT2D eigenvalue weighted by Crippen LogP contribution is -2.19. The van der Waals surface area contributed by atoms with Crippen LogP contribution in [-0.2, 0) is 11.2 Å². The number of nitrogens with zero attached hydrogens (tertiary/aromatic N) is 2. The molecule has 0 aliphatic carbocycles. The van der Waals surface area contributed by atoms with Gasteiger partial charge in [-0.2, -0.15) is 5.10 Å². The molecular weight excluding hydrogens is 286 g/mol. The van der Waals surface area contributed by atoms with E-state index in [2.05, 4.69) is 10.5 Å². The van der Waals surface area contributed by atoms with Crippen LogP contribution in [0.3, 0.4) is 0 Å². The highest BCUT2D eigenvalue weighted by Gasteiger charge is 2.10. The van der Waals surface area contributed by atoms with Crippen molar-refractivity contribution in [2.45, 2.75) is 20.3 Å². The van der Waals surface area contributed by atoms with Crippen molar-refractivity contribution in [1.82, 2.24) is 5.43 Å². The molecule has 0 bridgehead atoms. The predicted molar refractivity (Wildman–Crippen MR) is 80.7 cm³/mol. The SMILES string of the molecule is Cc1ccc(CC(=O)N/N=C\c2ccc([N+](=O)[O-])o2)cc1C. The zero-order valence-electron chi connectivity index (χ0n) is 12.2. The molecule has 114 valence electrons. The van der Waals surface area contributed by atoms with Crippen LogP contribution in [0.5, 0.6) is 0 Å². The van der Waals surface area contributed by atoms with Crippen LogP contribution in [0.25, 0.3) is 0 Å². The van der Waals surface area contributed by atoms with Gasteiger partial charge in [-0.15, -0.1) is 0 Å². The van der Waals surface area contributed by atoms with E-state index < -0.39 is 4.92 Å². The third-order valence-corrected chi connectivity index (χ3v) is 3.11. The molecule has 0 spiro atoms. The van der Waals surface area contributed by atoms with Gasteiger partial charge in [-0.05, 0) is 36.6 Å². The van der Waals surface area contributed by atoms with Crippen molar-refractivity contribution in [3.05, 3.63) is 62.9 Å². The van der Waals surface area contributed by atoms with Crippen LogP contribution in [0.15, 0.2) is 39.9 Å². The van der Waals surface area contributed by atoms with Crippen molar-refractivity contribution in [3.8, 4) is 0 Å². The first-order valence-corrected chi connectivity index (χ1v) is 6.58.